The van der Waals surface area contributed by atoms with Crippen LogP contribution in [0.1, 0.15) is 22.3 Å². The van der Waals surface area contributed by atoms with E-state index in [-0.39, 0.29) is 0 Å². The van der Waals surface area contributed by atoms with Crippen molar-refractivity contribution in [3.63, 3.8) is 0 Å². The lowest BCUT2D eigenvalue weighted by atomic mass is 9.90. The molecule has 0 N–H and O–H groups in total. The van der Waals surface area contributed by atoms with Crippen LogP contribution in [0, 0.1) is 0 Å². The lowest BCUT2D eigenvalue weighted by molar-refractivity contribution is 1.70. The number of benzene rings is 7. The van der Waals surface area contributed by atoms with Gasteiger partial charge in [0.05, 0.1) is 0 Å². The van der Waals surface area contributed by atoms with Gasteiger partial charge in [-0.3, -0.25) is 0 Å². The van der Waals surface area contributed by atoms with Gasteiger partial charge in [0.2, 0.25) is 0 Å². The van der Waals surface area contributed by atoms with Crippen LogP contribution in [0.25, 0.3) is 67.4 Å². The monoisotopic (exact) mass is 482 g/mol. The van der Waals surface area contributed by atoms with E-state index >= 15 is 0 Å². The molecule has 0 heterocycles. The maximum Gasteiger partial charge on any atom is -0.00987 e. The average molecular weight is 483 g/mol. The molecule has 38 heavy (non-hydrogen) atoms. The maximum atomic E-state index is 2.30. The molecule has 0 saturated heterocycles. The first kappa shape index (κ1) is 22.3. The number of rotatable bonds is 4. The summed E-state index contributed by atoms with van der Waals surface area (Å²) in [6.45, 7) is 0. The molecular formula is C38H26. The third kappa shape index (κ3) is 3.88. The van der Waals surface area contributed by atoms with Gasteiger partial charge in [-0.25, -0.2) is 0 Å². The number of hydrogen-bond donors (Lipinski definition) is 0. The largest absolute Gasteiger partial charge is 0.0616 e. The smallest absolute Gasteiger partial charge is 0.00987 e. The molecule has 0 aliphatic carbocycles. The van der Waals surface area contributed by atoms with Crippen LogP contribution in [0.5, 0.6) is 0 Å². The van der Waals surface area contributed by atoms with E-state index in [0.29, 0.717) is 0 Å². The zero-order valence-electron chi connectivity index (χ0n) is 21.0. The van der Waals surface area contributed by atoms with Crippen LogP contribution in [-0.4, -0.2) is 0 Å². The Morgan fingerprint density at radius 3 is 0.974 bits per heavy atom. The fraction of sp³-hybridized carbons (Fsp3) is 0. The molecule has 0 aromatic heterocycles. The Bertz CT molecular complexity index is 1810. The number of hydrogen-bond acceptors (Lipinski definition) is 0. The number of fused-ring (bicyclic) bond motifs is 4. The molecule has 178 valence electrons. The minimum Gasteiger partial charge on any atom is -0.0616 e. The van der Waals surface area contributed by atoms with Crippen LogP contribution in [0.15, 0.2) is 133 Å². The van der Waals surface area contributed by atoms with Gasteiger partial charge in [-0.05, 0) is 65.3 Å². The summed E-state index contributed by atoms with van der Waals surface area (Å²) in [4.78, 5) is 0. The molecule has 0 fully saturated rings. The predicted octanol–water partition coefficient (Wildman–Crippen LogP) is 10.6. The average Bonchev–Trinajstić information content (AvgIpc) is 2.99. The van der Waals surface area contributed by atoms with Crippen LogP contribution in [0.2, 0.25) is 0 Å². The zero-order chi connectivity index (χ0) is 25.3. The summed E-state index contributed by atoms with van der Waals surface area (Å²) in [6, 6.07) is 47.8. The molecule has 7 aromatic carbocycles. The normalized spacial score (nSPS) is 12.0. The summed E-state index contributed by atoms with van der Waals surface area (Å²) in [5.41, 5.74) is 4.98. The van der Waals surface area contributed by atoms with Crippen molar-refractivity contribution in [3.8, 4) is 0 Å². The van der Waals surface area contributed by atoms with Crippen molar-refractivity contribution in [1.29, 1.82) is 0 Å². The van der Waals surface area contributed by atoms with E-state index in [1.165, 1.54) is 65.3 Å². The Morgan fingerprint density at radius 2 is 0.579 bits per heavy atom. The predicted molar refractivity (Wildman–Crippen MR) is 167 cm³/mol. The molecule has 0 bridgehead atoms. The summed E-state index contributed by atoms with van der Waals surface area (Å²) in [6.07, 6.45) is 9.12. The van der Waals surface area contributed by atoms with Crippen LogP contribution in [0.4, 0.5) is 0 Å². The summed E-state index contributed by atoms with van der Waals surface area (Å²) >= 11 is 0. The highest BCUT2D eigenvalue weighted by molar-refractivity contribution is 6.15. The maximum absolute atomic E-state index is 2.30. The third-order valence-corrected chi connectivity index (χ3v) is 7.52. The lowest BCUT2D eigenvalue weighted by Gasteiger charge is -2.13. The van der Waals surface area contributed by atoms with Crippen molar-refractivity contribution in [2.45, 2.75) is 0 Å². The van der Waals surface area contributed by atoms with E-state index in [2.05, 4.69) is 158 Å². The zero-order valence-corrected chi connectivity index (χ0v) is 21.0. The van der Waals surface area contributed by atoms with Crippen LogP contribution in [0.3, 0.4) is 0 Å². The quantitative estimate of drug-likeness (QED) is 0.173. The second-order valence-corrected chi connectivity index (χ2v) is 9.72. The first-order valence-electron chi connectivity index (χ1n) is 13.1. The molecule has 0 aliphatic heterocycles. The lowest BCUT2D eigenvalue weighted by Crippen LogP contribution is -1.89. The second-order valence-electron chi connectivity index (χ2n) is 9.72. The van der Waals surface area contributed by atoms with Crippen molar-refractivity contribution >= 4 is 67.4 Å². The molecule has 0 saturated carbocycles. The van der Waals surface area contributed by atoms with E-state index in [9.17, 15) is 0 Å². The molecule has 0 aliphatic rings. The highest BCUT2D eigenvalue weighted by atomic mass is 14.1. The van der Waals surface area contributed by atoms with Gasteiger partial charge in [0.25, 0.3) is 0 Å². The fourth-order valence-corrected chi connectivity index (χ4v) is 5.69. The Morgan fingerprint density at radius 1 is 0.263 bits per heavy atom. The molecule has 0 heteroatoms. The Kier molecular flexibility index (Phi) is 5.57. The van der Waals surface area contributed by atoms with Gasteiger partial charge in [0.1, 0.15) is 0 Å². The van der Waals surface area contributed by atoms with Crippen molar-refractivity contribution in [3.05, 3.63) is 156 Å². The van der Waals surface area contributed by atoms with Crippen molar-refractivity contribution in [2.75, 3.05) is 0 Å². The summed E-state index contributed by atoms with van der Waals surface area (Å²) in [7, 11) is 0. The Hall–Kier alpha value is -4.94. The Balaban J connectivity index is 1.43. The van der Waals surface area contributed by atoms with Gasteiger partial charge in [0, 0.05) is 0 Å². The van der Waals surface area contributed by atoms with E-state index < -0.39 is 0 Å². The van der Waals surface area contributed by atoms with E-state index in [0.717, 1.165) is 0 Å². The molecule has 0 amide bonds. The van der Waals surface area contributed by atoms with Crippen molar-refractivity contribution < 1.29 is 0 Å². The first-order valence-corrected chi connectivity index (χ1v) is 13.1. The highest BCUT2D eigenvalue weighted by Crippen LogP contribution is 2.36. The molecule has 0 radical (unpaired) electrons. The van der Waals surface area contributed by atoms with E-state index in [1.807, 2.05) is 0 Å². The fourth-order valence-electron chi connectivity index (χ4n) is 5.69. The van der Waals surface area contributed by atoms with Crippen molar-refractivity contribution in [1.82, 2.24) is 0 Å². The van der Waals surface area contributed by atoms with E-state index in [4.69, 9.17) is 0 Å². The van der Waals surface area contributed by atoms with Gasteiger partial charge >= 0.3 is 0 Å². The molecule has 7 rings (SSSR count). The minimum atomic E-state index is 1.23. The van der Waals surface area contributed by atoms with Gasteiger partial charge in [0.15, 0.2) is 0 Å². The first-order chi connectivity index (χ1) is 18.9. The standard InChI is InChI=1S/C38H26/c1-3-17-31-27(11-1)13-9-15-29(31)23-25-37-33-19-5-7-21-35(33)38(36-22-8-6-20-34(36)37)26-24-30-16-10-14-28-12-2-4-18-32(28)30/h1-26H. The topological polar surface area (TPSA) is 0 Å². The highest BCUT2D eigenvalue weighted by Gasteiger charge is 2.11. The summed E-state index contributed by atoms with van der Waals surface area (Å²) in [5, 5.41) is 10.1. The van der Waals surface area contributed by atoms with Crippen LogP contribution < -0.4 is 0 Å². The Labute approximate surface area is 222 Å². The van der Waals surface area contributed by atoms with Crippen LogP contribution >= 0.6 is 0 Å². The molecule has 0 spiro atoms. The van der Waals surface area contributed by atoms with Gasteiger partial charge in [-0.15, -0.1) is 0 Å². The van der Waals surface area contributed by atoms with Crippen molar-refractivity contribution in [2.24, 2.45) is 0 Å². The van der Waals surface area contributed by atoms with Gasteiger partial charge < -0.3 is 0 Å². The molecule has 0 atom stereocenters. The van der Waals surface area contributed by atoms with Crippen LogP contribution in [-0.2, 0) is 0 Å². The third-order valence-electron chi connectivity index (χ3n) is 7.52. The summed E-state index contributed by atoms with van der Waals surface area (Å²) in [5.74, 6) is 0. The molecule has 7 aromatic rings. The minimum absolute atomic E-state index is 1.23. The van der Waals surface area contributed by atoms with Gasteiger partial charge in [-0.1, -0.05) is 158 Å². The van der Waals surface area contributed by atoms with Gasteiger partial charge in [-0.2, -0.15) is 0 Å². The molecule has 0 unspecified atom stereocenters. The van der Waals surface area contributed by atoms with E-state index in [1.54, 1.807) is 0 Å². The second kappa shape index (κ2) is 9.50. The molecule has 0 nitrogen and oxygen atoms in total. The molecular weight excluding hydrogens is 456 g/mol. The SMILES string of the molecule is C(=Cc1c2ccccc2c(C=Cc2cccc3ccccc23)c2ccccc12)c1cccc2ccccc12. The summed E-state index contributed by atoms with van der Waals surface area (Å²) < 4.78 is 0.